The van der Waals surface area contributed by atoms with E-state index in [0.717, 1.165) is 10.5 Å². The molecule has 3 heteroatoms. The van der Waals surface area contributed by atoms with Gasteiger partial charge in [0.25, 0.3) is 0 Å². The van der Waals surface area contributed by atoms with Crippen LogP contribution in [-0.4, -0.2) is 37.4 Å². The molecule has 0 aromatic heterocycles. The average molecular weight is 146 g/mol. The third-order valence-electron chi connectivity index (χ3n) is 0.870. The standard InChI is InChI=1S/C6H4BCl.Na.H/c7-5-1-3-6(8)4-2-5;;/h1-4H;;. The van der Waals surface area contributed by atoms with Crippen LogP contribution < -0.4 is 5.46 Å². The van der Waals surface area contributed by atoms with Crippen LogP contribution in [-0.2, 0) is 0 Å². The maximum absolute atomic E-state index is 5.56. The first-order valence-corrected chi connectivity index (χ1v) is 2.68. The fourth-order valence-corrected chi connectivity index (χ4v) is 0.589. The molecule has 0 unspecified atom stereocenters. The van der Waals surface area contributed by atoms with Gasteiger partial charge >= 0.3 is 29.6 Å². The van der Waals surface area contributed by atoms with Crippen LogP contribution in [0.2, 0.25) is 5.02 Å². The van der Waals surface area contributed by atoms with E-state index in [1.54, 1.807) is 24.3 Å². The Bertz CT molecular complexity index is 152. The Morgan fingerprint density at radius 2 is 1.56 bits per heavy atom. The molecule has 0 aliphatic rings. The van der Waals surface area contributed by atoms with Crippen LogP contribution in [0.4, 0.5) is 0 Å². The summed E-state index contributed by atoms with van der Waals surface area (Å²) in [6, 6.07) is 7.05. The average Bonchev–Trinajstić information content (AvgIpc) is 1.77. The quantitative estimate of drug-likeness (QED) is 0.467. The molecule has 0 nitrogen and oxygen atoms in total. The van der Waals surface area contributed by atoms with Crippen molar-refractivity contribution in [3.63, 3.8) is 0 Å². The van der Waals surface area contributed by atoms with Gasteiger partial charge in [0.15, 0.2) is 0 Å². The summed E-state index contributed by atoms with van der Waals surface area (Å²) in [5, 5.41) is 0.721. The molecule has 1 rings (SSSR count). The zero-order valence-corrected chi connectivity index (χ0v) is 5.02. The van der Waals surface area contributed by atoms with Gasteiger partial charge in [-0.3, -0.25) is 0 Å². The van der Waals surface area contributed by atoms with Crippen molar-refractivity contribution in [1.82, 2.24) is 0 Å². The van der Waals surface area contributed by atoms with Crippen LogP contribution in [0, 0.1) is 0 Å². The summed E-state index contributed by atoms with van der Waals surface area (Å²) in [5.41, 5.74) is 0.745. The van der Waals surface area contributed by atoms with Gasteiger partial charge in [0.2, 0.25) is 0 Å². The van der Waals surface area contributed by atoms with Crippen molar-refractivity contribution in [3.05, 3.63) is 29.3 Å². The molecule has 0 spiro atoms. The zero-order valence-electron chi connectivity index (χ0n) is 4.26. The Balaban J connectivity index is 0.000000640. The first-order valence-electron chi connectivity index (χ1n) is 2.30. The molecule has 0 heterocycles. The second-order valence-electron chi connectivity index (χ2n) is 1.55. The molecule has 0 saturated heterocycles. The van der Waals surface area contributed by atoms with Crippen LogP contribution in [0.15, 0.2) is 24.3 Å². The van der Waals surface area contributed by atoms with E-state index in [9.17, 15) is 0 Å². The molecule has 1 aromatic carbocycles. The minimum atomic E-state index is 0. The van der Waals surface area contributed by atoms with Gasteiger partial charge in [0.05, 0.1) is 0 Å². The van der Waals surface area contributed by atoms with Crippen LogP contribution in [0.3, 0.4) is 0 Å². The first-order chi connectivity index (χ1) is 3.79. The number of benzene rings is 1. The SMILES string of the molecule is [B]c1ccc(Cl)cc1.[NaH]. The summed E-state index contributed by atoms with van der Waals surface area (Å²) in [7, 11) is 5.37. The number of hydrogen-bond acceptors (Lipinski definition) is 0. The molecule has 0 N–H and O–H groups in total. The molecule has 0 fully saturated rings. The van der Waals surface area contributed by atoms with E-state index >= 15 is 0 Å². The van der Waals surface area contributed by atoms with Gasteiger partial charge in [0, 0.05) is 5.02 Å². The molecular weight excluding hydrogens is 141 g/mol. The Kier molecular flexibility index (Phi) is 4.68. The van der Waals surface area contributed by atoms with E-state index in [0.29, 0.717) is 0 Å². The van der Waals surface area contributed by atoms with Crippen LogP contribution >= 0.6 is 11.6 Å². The molecule has 0 bridgehead atoms. The van der Waals surface area contributed by atoms with Gasteiger partial charge in [-0.2, -0.15) is 0 Å². The van der Waals surface area contributed by atoms with Crippen molar-refractivity contribution in [3.8, 4) is 0 Å². The molecule has 0 aliphatic carbocycles. The van der Waals surface area contributed by atoms with Crippen LogP contribution in [0.25, 0.3) is 0 Å². The van der Waals surface area contributed by atoms with Crippen molar-refractivity contribution in [2.75, 3.05) is 0 Å². The van der Waals surface area contributed by atoms with E-state index in [-0.39, 0.29) is 29.6 Å². The molecule has 0 aliphatic heterocycles. The molecule has 0 atom stereocenters. The first kappa shape index (κ1) is 9.57. The molecule has 9 heavy (non-hydrogen) atoms. The zero-order chi connectivity index (χ0) is 5.98. The van der Waals surface area contributed by atoms with Gasteiger partial charge < -0.3 is 0 Å². The van der Waals surface area contributed by atoms with Crippen molar-refractivity contribution in [2.45, 2.75) is 0 Å². The molecule has 40 valence electrons. The molecule has 0 amide bonds. The van der Waals surface area contributed by atoms with E-state index in [4.69, 9.17) is 19.4 Å². The maximum atomic E-state index is 5.56. The Hall–Kier alpha value is 0.575. The molecule has 1 aromatic rings. The third-order valence-corrected chi connectivity index (χ3v) is 1.12. The summed E-state index contributed by atoms with van der Waals surface area (Å²) in [4.78, 5) is 0. The second-order valence-corrected chi connectivity index (χ2v) is 1.99. The van der Waals surface area contributed by atoms with Gasteiger partial charge in [0.1, 0.15) is 7.85 Å². The Labute approximate surface area is 83.3 Å². The monoisotopic (exact) mass is 146 g/mol. The normalized spacial score (nSPS) is 8.11. The van der Waals surface area contributed by atoms with E-state index in [1.165, 1.54) is 0 Å². The van der Waals surface area contributed by atoms with E-state index < -0.39 is 0 Å². The van der Waals surface area contributed by atoms with Gasteiger partial charge in [-0.1, -0.05) is 29.2 Å². The molecular formula is C6H5BClNa. The summed E-state index contributed by atoms with van der Waals surface area (Å²) in [5.74, 6) is 0. The van der Waals surface area contributed by atoms with Crippen LogP contribution in [0.5, 0.6) is 0 Å². The van der Waals surface area contributed by atoms with Crippen molar-refractivity contribution < 1.29 is 0 Å². The number of hydrogen-bond donors (Lipinski definition) is 0. The summed E-state index contributed by atoms with van der Waals surface area (Å²) in [6.45, 7) is 0. The van der Waals surface area contributed by atoms with Crippen LogP contribution in [0.1, 0.15) is 0 Å². The van der Waals surface area contributed by atoms with Crippen molar-refractivity contribution in [1.29, 1.82) is 0 Å². The predicted octanol–water partition coefficient (Wildman–Crippen LogP) is 0.485. The second kappa shape index (κ2) is 4.40. The van der Waals surface area contributed by atoms with Gasteiger partial charge in [-0.25, -0.2) is 0 Å². The van der Waals surface area contributed by atoms with Gasteiger partial charge in [-0.05, 0) is 12.1 Å². The third kappa shape index (κ3) is 3.31. The molecule has 2 radical (unpaired) electrons. The van der Waals surface area contributed by atoms with Gasteiger partial charge in [-0.15, -0.1) is 0 Å². The van der Waals surface area contributed by atoms with E-state index in [1.807, 2.05) is 0 Å². The summed E-state index contributed by atoms with van der Waals surface area (Å²) >= 11 is 5.56. The summed E-state index contributed by atoms with van der Waals surface area (Å²) < 4.78 is 0. The topological polar surface area (TPSA) is 0 Å². The Morgan fingerprint density at radius 1 is 1.11 bits per heavy atom. The predicted molar refractivity (Wildman–Crippen MR) is 44.0 cm³/mol. The van der Waals surface area contributed by atoms with Crippen molar-refractivity contribution in [2.24, 2.45) is 0 Å². The number of rotatable bonds is 0. The van der Waals surface area contributed by atoms with E-state index in [2.05, 4.69) is 0 Å². The van der Waals surface area contributed by atoms with Crippen molar-refractivity contribution >= 4 is 54.5 Å². The summed E-state index contributed by atoms with van der Waals surface area (Å²) in [6.07, 6.45) is 0. The minimum absolute atomic E-state index is 0. The Morgan fingerprint density at radius 3 is 1.89 bits per heavy atom. The molecule has 0 saturated carbocycles. The fraction of sp³-hybridized carbons (Fsp3) is 0. The number of halogens is 1. The fourth-order valence-electron chi connectivity index (χ4n) is 0.463.